The van der Waals surface area contributed by atoms with Crippen molar-refractivity contribution in [3.8, 4) is 22.9 Å². The van der Waals surface area contributed by atoms with Crippen LogP contribution in [0.4, 0.5) is 5.82 Å². The van der Waals surface area contributed by atoms with E-state index in [-0.39, 0.29) is 11.9 Å². The number of benzene rings is 1. The zero-order chi connectivity index (χ0) is 24.6. The number of fused-ring (bicyclic) bond motifs is 2. The molecule has 5 aromatic rings. The number of rotatable bonds is 6. The number of aryl methyl sites for hydroxylation is 1. The average Bonchev–Trinajstić information content (AvgIpc) is 3.63. The van der Waals surface area contributed by atoms with Gasteiger partial charge in [0.15, 0.2) is 17.3 Å². The number of pyridine rings is 2. The molecular weight excluding hydrogens is 454 g/mol. The summed E-state index contributed by atoms with van der Waals surface area (Å²) in [4.78, 5) is 26.2. The van der Waals surface area contributed by atoms with Gasteiger partial charge in [-0.25, -0.2) is 19.6 Å². The van der Waals surface area contributed by atoms with Crippen molar-refractivity contribution in [2.24, 2.45) is 0 Å². The molecule has 10 nitrogen and oxygen atoms in total. The average molecular weight is 480 g/mol. The van der Waals surface area contributed by atoms with Gasteiger partial charge < -0.3 is 16.4 Å². The van der Waals surface area contributed by atoms with E-state index in [1.165, 1.54) is 5.56 Å². The Morgan fingerprint density at radius 1 is 1.14 bits per heavy atom. The van der Waals surface area contributed by atoms with Crippen molar-refractivity contribution in [1.82, 2.24) is 39.9 Å². The lowest BCUT2D eigenvalue weighted by Crippen LogP contribution is -2.34. The molecule has 180 valence electrons. The van der Waals surface area contributed by atoms with Crippen LogP contribution in [0, 0.1) is 0 Å². The molecule has 0 saturated carbocycles. The van der Waals surface area contributed by atoms with E-state index in [4.69, 9.17) is 15.7 Å². The minimum Gasteiger partial charge on any atom is -0.383 e. The Labute approximate surface area is 207 Å². The topological polar surface area (TPSA) is 129 Å². The second-order valence-electron chi connectivity index (χ2n) is 8.74. The number of carbonyl (C=O) groups excluding carboxylic acids is 1. The van der Waals surface area contributed by atoms with E-state index >= 15 is 0 Å². The number of nitrogens with zero attached hydrogens (tertiary/aromatic N) is 6. The van der Waals surface area contributed by atoms with Gasteiger partial charge in [0.1, 0.15) is 11.3 Å². The second-order valence-corrected chi connectivity index (χ2v) is 8.74. The minimum atomic E-state index is -0.00952. The highest BCUT2D eigenvalue weighted by molar-refractivity contribution is 5.83. The summed E-state index contributed by atoms with van der Waals surface area (Å²) in [6.45, 7) is 0.297. The van der Waals surface area contributed by atoms with Crippen LogP contribution < -0.4 is 16.4 Å². The van der Waals surface area contributed by atoms with Gasteiger partial charge in [0.25, 0.3) is 0 Å². The first-order valence-corrected chi connectivity index (χ1v) is 11.8. The van der Waals surface area contributed by atoms with Gasteiger partial charge >= 0.3 is 0 Å². The molecule has 4 heterocycles. The van der Waals surface area contributed by atoms with Gasteiger partial charge in [-0.1, -0.05) is 6.07 Å². The van der Waals surface area contributed by atoms with Gasteiger partial charge in [0.05, 0.1) is 18.2 Å². The number of nitrogens with two attached hydrogens (primary N) is 1. The monoisotopic (exact) mass is 479 g/mol. The van der Waals surface area contributed by atoms with Gasteiger partial charge in [0, 0.05) is 24.3 Å². The third-order valence-corrected chi connectivity index (χ3v) is 6.44. The zero-order valence-electron chi connectivity index (χ0n) is 19.7. The van der Waals surface area contributed by atoms with Gasteiger partial charge in [-0.05, 0) is 73.5 Å². The van der Waals surface area contributed by atoms with E-state index in [0.717, 1.165) is 35.2 Å². The zero-order valence-corrected chi connectivity index (χ0v) is 19.7. The van der Waals surface area contributed by atoms with Crippen molar-refractivity contribution in [2.75, 3.05) is 19.3 Å². The van der Waals surface area contributed by atoms with Crippen LogP contribution in [0.1, 0.15) is 23.6 Å². The number of nitrogens with one attached hydrogen (secondary N) is 2. The molecule has 10 heteroatoms. The van der Waals surface area contributed by atoms with Crippen LogP contribution >= 0.6 is 0 Å². The largest absolute Gasteiger partial charge is 0.383 e. The van der Waals surface area contributed by atoms with Crippen LogP contribution in [0.3, 0.4) is 0 Å². The number of hydrogen-bond donors (Lipinski definition) is 3. The summed E-state index contributed by atoms with van der Waals surface area (Å²) < 4.78 is 3.74. The van der Waals surface area contributed by atoms with E-state index in [2.05, 4.69) is 32.8 Å². The molecule has 0 fully saturated rings. The summed E-state index contributed by atoms with van der Waals surface area (Å²) >= 11 is 0. The number of imidazole rings is 1. The van der Waals surface area contributed by atoms with E-state index in [1.54, 1.807) is 24.1 Å². The molecule has 1 aromatic carbocycles. The summed E-state index contributed by atoms with van der Waals surface area (Å²) in [5, 5.41) is 10.3. The lowest BCUT2D eigenvalue weighted by atomic mass is 10.1. The summed E-state index contributed by atoms with van der Waals surface area (Å²) in [6, 6.07) is 15.7. The van der Waals surface area contributed by atoms with Gasteiger partial charge in [-0.3, -0.25) is 9.36 Å². The summed E-state index contributed by atoms with van der Waals surface area (Å²) in [7, 11) is 1.77. The Balaban J connectivity index is 1.50. The third kappa shape index (κ3) is 3.77. The van der Waals surface area contributed by atoms with Crippen molar-refractivity contribution in [3.63, 3.8) is 0 Å². The van der Waals surface area contributed by atoms with Crippen molar-refractivity contribution in [1.29, 1.82) is 0 Å². The standard InChI is InChI=1S/C26H25N9O/c1-28-15-23(36)31-20-8-5-16-14-17(6-7-18(16)20)35-25(19-4-2-11-29-24(19)27)32-21-9-10-22(33-26(21)35)34-13-3-12-30-34/h2-4,6-7,9-14,20,28H,5,8,15H2,1H3,(H2,27,29)(H,31,36). The van der Waals surface area contributed by atoms with Crippen molar-refractivity contribution >= 4 is 22.9 Å². The van der Waals surface area contributed by atoms with E-state index in [0.29, 0.717) is 29.7 Å². The van der Waals surface area contributed by atoms with E-state index in [1.807, 2.05) is 47.2 Å². The van der Waals surface area contributed by atoms with Crippen molar-refractivity contribution in [3.05, 3.63) is 78.2 Å². The number of aromatic nitrogens is 6. The molecule has 4 aromatic heterocycles. The molecule has 0 aliphatic heterocycles. The first-order chi connectivity index (χ1) is 17.6. The number of hydrogen-bond acceptors (Lipinski definition) is 7. The Morgan fingerprint density at radius 2 is 2.06 bits per heavy atom. The van der Waals surface area contributed by atoms with Crippen LogP contribution in [-0.2, 0) is 11.2 Å². The maximum atomic E-state index is 12.2. The predicted molar refractivity (Wildman–Crippen MR) is 137 cm³/mol. The lowest BCUT2D eigenvalue weighted by molar-refractivity contribution is -0.120. The smallest absolute Gasteiger partial charge is 0.234 e. The molecule has 36 heavy (non-hydrogen) atoms. The molecule has 0 spiro atoms. The van der Waals surface area contributed by atoms with Gasteiger partial charge in [-0.2, -0.15) is 5.10 Å². The maximum Gasteiger partial charge on any atom is 0.234 e. The van der Waals surface area contributed by atoms with Crippen LogP contribution in [0.25, 0.3) is 34.1 Å². The van der Waals surface area contributed by atoms with Crippen LogP contribution in [0.15, 0.2) is 67.1 Å². The molecule has 1 unspecified atom stereocenters. The van der Waals surface area contributed by atoms with Crippen molar-refractivity contribution < 1.29 is 4.79 Å². The van der Waals surface area contributed by atoms with Crippen molar-refractivity contribution in [2.45, 2.75) is 18.9 Å². The molecule has 1 atom stereocenters. The Morgan fingerprint density at radius 3 is 2.86 bits per heavy atom. The SMILES string of the molecule is CNCC(=O)NC1CCc2cc(-n3c(-c4cccnc4N)nc4ccc(-n5cccn5)nc43)ccc21. The molecule has 0 saturated heterocycles. The lowest BCUT2D eigenvalue weighted by Gasteiger charge is -2.15. The molecule has 1 aliphatic carbocycles. The van der Waals surface area contributed by atoms with Gasteiger partial charge in [0.2, 0.25) is 5.91 Å². The molecule has 1 aliphatic rings. The van der Waals surface area contributed by atoms with E-state index in [9.17, 15) is 4.79 Å². The first-order valence-electron chi connectivity index (χ1n) is 11.8. The highest BCUT2D eigenvalue weighted by Gasteiger charge is 2.26. The molecule has 1 amide bonds. The molecule has 4 N–H and O–H groups in total. The number of likely N-dealkylation sites (N-methyl/N-ethyl adjacent to an activating group) is 1. The summed E-state index contributed by atoms with van der Waals surface area (Å²) in [5.74, 6) is 1.74. The number of carbonyl (C=O) groups is 1. The third-order valence-electron chi connectivity index (χ3n) is 6.44. The minimum absolute atomic E-state index is 0.00686. The molecular formula is C26H25N9O. The second kappa shape index (κ2) is 8.90. The number of nitrogen functional groups attached to an aromatic ring is 1. The molecule has 0 bridgehead atoms. The predicted octanol–water partition coefficient (Wildman–Crippen LogP) is 2.57. The fourth-order valence-electron chi connectivity index (χ4n) is 4.81. The highest BCUT2D eigenvalue weighted by Crippen LogP contribution is 2.35. The summed E-state index contributed by atoms with van der Waals surface area (Å²) in [6.07, 6.45) is 6.97. The van der Waals surface area contributed by atoms with Crippen LogP contribution in [-0.4, -0.2) is 48.8 Å². The first kappa shape index (κ1) is 21.9. The molecule has 6 rings (SSSR count). The maximum absolute atomic E-state index is 12.2. The Kier molecular flexibility index (Phi) is 5.42. The summed E-state index contributed by atoms with van der Waals surface area (Å²) in [5.41, 5.74) is 11.7. The fraction of sp³-hybridized carbons (Fsp3) is 0.192. The van der Waals surface area contributed by atoms with Crippen LogP contribution in [0.5, 0.6) is 0 Å². The Hall–Kier alpha value is -4.57. The highest BCUT2D eigenvalue weighted by atomic mass is 16.1. The van der Waals surface area contributed by atoms with Gasteiger partial charge in [-0.15, -0.1) is 0 Å². The normalized spacial score (nSPS) is 14.8. The fourth-order valence-corrected chi connectivity index (χ4v) is 4.81. The van der Waals surface area contributed by atoms with Crippen LogP contribution in [0.2, 0.25) is 0 Å². The Bertz CT molecular complexity index is 1570. The number of amides is 1. The number of anilines is 1. The van der Waals surface area contributed by atoms with E-state index < -0.39 is 0 Å². The quantitative estimate of drug-likeness (QED) is 0.341. The molecule has 0 radical (unpaired) electrons.